The molecule has 35 heavy (non-hydrogen) atoms. The van der Waals surface area contributed by atoms with Crippen molar-refractivity contribution in [3.63, 3.8) is 0 Å². The number of alkyl halides is 6. The number of anilines is 2. The molecule has 0 bridgehead atoms. The smallest absolute Gasteiger partial charge is 0.396 e. The van der Waals surface area contributed by atoms with Crippen LogP contribution in [0.1, 0.15) is 30.9 Å². The van der Waals surface area contributed by atoms with Crippen molar-refractivity contribution in [3.8, 4) is 0 Å². The Morgan fingerprint density at radius 3 is 1.91 bits per heavy atom. The molecule has 2 aromatic rings. The molecule has 0 fully saturated rings. The standard InChI is InChI=1S/C20H20F6N4O5/c1-2-8-28(13-4-6-17(30(34)35)15(11-13)20(24,25)26)18(7-9-31)27-12-3-5-16(29(32)33)14(10-12)19(21,22)23/h3-6,10-11,18,27,31H,2,7-9H2,1H3. The molecule has 0 amide bonds. The quantitative estimate of drug-likeness (QED) is 0.185. The average molecular weight is 510 g/mol. The highest BCUT2D eigenvalue weighted by molar-refractivity contribution is 5.60. The SMILES string of the molecule is CCCN(c1ccc([N+](=O)[O-])c(C(F)(F)F)c1)C(CCO)Nc1ccc([N+](=O)[O-])c(C(F)(F)F)c1. The Kier molecular flexibility index (Phi) is 8.49. The third-order valence-electron chi connectivity index (χ3n) is 4.89. The second kappa shape index (κ2) is 10.8. The van der Waals surface area contributed by atoms with Crippen molar-refractivity contribution in [2.45, 2.75) is 38.3 Å². The second-order valence-electron chi connectivity index (χ2n) is 7.31. The van der Waals surface area contributed by atoms with Gasteiger partial charge < -0.3 is 15.3 Å². The van der Waals surface area contributed by atoms with E-state index in [1.807, 2.05) is 0 Å². The van der Waals surface area contributed by atoms with Crippen LogP contribution in [0.5, 0.6) is 0 Å². The number of hydrogen-bond acceptors (Lipinski definition) is 7. The van der Waals surface area contributed by atoms with Crippen molar-refractivity contribution in [1.29, 1.82) is 0 Å². The lowest BCUT2D eigenvalue weighted by molar-refractivity contribution is -0.388. The summed E-state index contributed by atoms with van der Waals surface area (Å²) in [6.45, 7) is 1.22. The molecule has 0 aliphatic rings. The summed E-state index contributed by atoms with van der Waals surface area (Å²) in [6.07, 6.45) is -11.0. The molecule has 2 rings (SSSR count). The highest BCUT2D eigenvalue weighted by Gasteiger charge is 2.40. The summed E-state index contributed by atoms with van der Waals surface area (Å²) in [5.41, 5.74) is -5.77. The minimum absolute atomic E-state index is 0.0614. The first-order valence-electron chi connectivity index (χ1n) is 10.1. The Balaban J connectivity index is 2.56. The van der Waals surface area contributed by atoms with Gasteiger partial charge in [0.2, 0.25) is 0 Å². The maximum absolute atomic E-state index is 13.5. The Bertz CT molecular complexity index is 1080. The number of halogens is 6. The van der Waals surface area contributed by atoms with Crippen molar-refractivity contribution >= 4 is 22.7 Å². The zero-order chi connectivity index (χ0) is 26.6. The molecular formula is C20H20F6N4O5. The lowest BCUT2D eigenvalue weighted by Crippen LogP contribution is -2.42. The molecule has 2 aromatic carbocycles. The van der Waals surface area contributed by atoms with Gasteiger partial charge in [0, 0.05) is 43.1 Å². The zero-order valence-electron chi connectivity index (χ0n) is 18.1. The number of nitrogens with one attached hydrogen (secondary N) is 1. The first kappa shape index (κ1) is 27.6. The summed E-state index contributed by atoms with van der Waals surface area (Å²) >= 11 is 0. The predicted octanol–water partition coefficient (Wildman–Crippen LogP) is 5.58. The van der Waals surface area contributed by atoms with E-state index >= 15 is 0 Å². The third-order valence-corrected chi connectivity index (χ3v) is 4.89. The Morgan fingerprint density at radius 2 is 1.46 bits per heavy atom. The van der Waals surface area contributed by atoms with Crippen LogP contribution in [0.25, 0.3) is 0 Å². The van der Waals surface area contributed by atoms with Gasteiger partial charge in [-0.1, -0.05) is 6.92 Å². The molecule has 15 heteroatoms. The van der Waals surface area contributed by atoms with E-state index < -0.39 is 57.5 Å². The maximum atomic E-state index is 13.5. The number of hydrogen-bond donors (Lipinski definition) is 2. The van der Waals surface area contributed by atoms with Gasteiger partial charge >= 0.3 is 12.4 Å². The number of benzene rings is 2. The van der Waals surface area contributed by atoms with E-state index in [0.29, 0.717) is 30.7 Å². The van der Waals surface area contributed by atoms with Gasteiger partial charge in [0.15, 0.2) is 0 Å². The van der Waals surface area contributed by atoms with Gasteiger partial charge in [-0.3, -0.25) is 20.2 Å². The van der Waals surface area contributed by atoms with Gasteiger partial charge in [0.05, 0.1) is 9.85 Å². The van der Waals surface area contributed by atoms with Crippen LogP contribution in [0.3, 0.4) is 0 Å². The Labute approximate surface area is 194 Å². The molecule has 2 N–H and O–H groups in total. The molecule has 0 spiro atoms. The van der Waals surface area contributed by atoms with Crippen molar-refractivity contribution in [3.05, 3.63) is 67.8 Å². The molecule has 0 heterocycles. The fourth-order valence-electron chi connectivity index (χ4n) is 3.43. The average Bonchev–Trinajstić information content (AvgIpc) is 2.75. The monoisotopic (exact) mass is 510 g/mol. The van der Waals surface area contributed by atoms with Crippen LogP contribution in [-0.4, -0.2) is 34.3 Å². The number of aliphatic hydroxyl groups is 1. The van der Waals surface area contributed by atoms with Crippen LogP contribution in [0.2, 0.25) is 0 Å². The first-order chi connectivity index (χ1) is 16.2. The highest BCUT2D eigenvalue weighted by Crippen LogP contribution is 2.40. The molecule has 0 saturated heterocycles. The summed E-state index contributed by atoms with van der Waals surface area (Å²) in [4.78, 5) is 21.0. The summed E-state index contributed by atoms with van der Waals surface area (Å²) in [7, 11) is 0. The van der Waals surface area contributed by atoms with Gasteiger partial charge in [-0.25, -0.2) is 0 Å². The number of aliphatic hydroxyl groups excluding tert-OH is 1. The van der Waals surface area contributed by atoms with Gasteiger partial charge in [0.1, 0.15) is 17.3 Å². The van der Waals surface area contributed by atoms with E-state index in [0.717, 1.165) is 12.1 Å². The summed E-state index contributed by atoms with van der Waals surface area (Å²) < 4.78 is 80.4. The van der Waals surface area contributed by atoms with Crippen LogP contribution >= 0.6 is 0 Å². The highest BCUT2D eigenvalue weighted by atomic mass is 19.4. The van der Waals surface area contributed by atoms with Gasteiger partial charge in [-0.05, 0) is 30.7 Å². The zero-order valence-corrected chi connectivity index (χ0v) is 18.1. The number of nitro benzene ring substituents is 2. The topological polar surface area (TPSA) is 122 Å². The predicted molar refractivity (Wildman–Crippen MR) is 113 cm³/mol. The van der Waals surface area contributed by atoms with Crippen molar-refractivity contribution in [1.82, 2.24) is 0 Å². The summed E-state index contributed by atoms with van der Waals surface area (Å²) in [5, 5.41) is 34.2. The number of nitrogens with zero attached hydrogens (tertiary/aromatic N) is 3. The molecule has 192 valence electrons. The molecular weight excluding hydrogens is 490 g/mol. The Hall–Kier alpha value is -3.62. The minimum Gasteiger partial charge on any atom is -0.396 e. The van der Waals surface area contributed by atoms with Crippen molar-refractivity contribution in [2.75, 3.05) is 23.4 Å². The fourth-order valence-corrected chi connectivity index (χ4v) is 3.43. The van der Waals surface area contributed by atoms with Crippen LogP contribution in [0, 0.1) is 20.2 Å². The Morgan fingerprint density at radius 1 is 0.943 bits per heavy atom. The molecule has 0 saturated carbocycles. The van der Waals surface area contributed by atoms with E-state index in [-0.39, 0.29) is 24.3 Å². The van der Waals surface area contributed by atoms with Crippen molar-refractivity contribution in [2.24, 2.45) is 0 Å². The van der Waals surface area contributed by atoms with Crippen LogP contribution < -0.4 is 10.2 Å². The van der Waals surface area contributed by atoms with Gasteiger partial charge in [0.25, 0.3) is 11.4 Å². The molecule has 0 aliphatic carbocycles. The van der Waals surface area contributed by atoms with E-state index in [9.17, 15) is 51.7 Å². The lowest BCUT2D eigenvalue weighted by atomic mass is 10.1. The molecule has 0 aliphatic heterocycles. The van der Waals surface area contributed by atoms with Gasteiger partial charge in [-0.2, -0.15) is 26.3 Å². The molecule has 0 radical (unpaired) electrons. The summed E-state index contributed by atoms with van der Waals surface area (Å²) in [5.74, 6) is 0. The first-order valence-corrected chi connectivity index (χ1v) is 10.1. The largest absolute Gasteiger partial charge is 0.423 e. The minimum atomic E-state index is -5.06. The van der Waals surface area contributed by atoms with E-state index in [4.69, 9.17) is 0 Å². The number of nitro groups is 2. The molecule has 9 nitrogen and oxygen atoms in total. The van der Waals surface area contributed by atoms with E-state index in [2.05, 4.69) is 5.32 Å². The summed E-state index contributed by atoms with van der Waals surface area (Å²) in [6, 6.07) is 4.41. The molecule has 0 aromatic heterocycles. The van der Waals surface area contributed by atoms with Gasteiger partial charge in [-0.15, -0.1) is 0 Å². The van der Waals surface area contributed by atoms with E-state index in [1.54, 1.807) is 6.92 Å². The normalized spacial score (nSPS) is 12.8. The fraction of sp³-hybridized carbons (Fsp3) is 0.400. The second-order valence-corrected chi connectivity index (χ2v) is 7.31. The van der Waals surface area contributed by atoms with Crippen molar-refractivity contribution < 1.29 is 41.3 Å². The van der Waals surface area contributed by atoms with E-state index in [1.165, 1.54) is 4.90 Å². The maximum Gasteiger partial charge on any atom is 0.423 e. The van der Waals surface area contributed by atoms with Crippen LogP contribution in [-0.2, 0) is 12.4 Å². The van der Waals surface area contributed by atoms with Crippen LogP contribution in [0.4, 0.5) is 49.1 Å². The van der Waals surface area contributed by atoms with Crippen LogP contribution in [0.15, 0.2) is 36.4 Å². The number of rotatable bonds is 10. The third kappa shape index (κ3) is 6.71. The lowest BCUT2D eigenvalue weighted by Gasteiger charge is -2.35. The molecule has 1 atom stereocenters. The molecule has 1 unspecified atom stereocenters.